The molecule has 6 heteroatoms. The van der Waals surface area contributed by atoms with Crippen LogP contribution in [-0.4, -0.2) is 45.5 Å². The fourth-order valence-electron chi connectivity index (χ4n) is 1.82. The monoisotopic (exact) mass is 310 g/mol. The molecule has 0 bridgehead atoms. The largest absolute Gasteiger partial charge is 0.383 e. The Hall–Kier alpha value is -1.82. The first-order valence-corrected chi connectivity index (χ1v) is 8.42. The third-order valence-electron chi connectivity index (χ3n) is 2.93. The highest BCUT2D eigenvalue weighted by Gasteiger charge is 2.19. The molecule has 0 aliphatic rings. The Morgan fingerprint density at radius 3 is 2.43 bits per heavy atom. The van der Waals surface area contributed by atoms with E-state index in [0.717, 1.165) is 0 Å². The van der Waals surface area contributed by atoms with E-state index in [9.17, 15) is 13.2 Å². The molecular weight excluding hydrogens is 288 g/mol. The molecule has 0 atom stereocenters. The fourth-order valence-corrected chi connectivity index (χ4v) is 2.96. The predicted octanol–water partition coefficient (Wildman–Crippen LogP) is 2.12. The van der Waals surface area contributed by atoms with Crippen molar-refractivity contribution in [3.63, 3.8) is 0 Å². The van der Waals surface area contributed by atoms with E-state index in [4.69, 9.17) is 0 Å². The van der Waals surface area contributed by atoms with E-state index in [0.29, 0.717) is 17.8 Å². The number of sulfonamides is 1. The van der Waals surface area contributed by atoms with Crippen molar-refractivity contribution >= 4 is 21.5 Å². The van der Waals surface area contributed by atoms with Crippen molar-refractivity contribution in [1.82, 2.24) is 4.90 Å². The summed E-state index contributed by atoms with van der Waals surface area (Å²) in [5.74, 6) is -0.130. The Bertz CT molecular complexity index is 622. The number of allylic oxidation sites excluding steroid dienone is 1. The number of anilines is 1. The third kappa shape index (κ3) is 4.60. The minimum atomic E-state index is -3.34. The van der Waals surface area contributed by atoms with Gasteiger partial charge in [-0.3, -0.25) is 9.10 Å². The molecule has 116 valence electrons. The van der Waals surface area contributed by atoms with Crippen LogP contribution < -0.4 is 4.31 Å². The highest BCUT2D eigenvalue weighted by atomic mass is 32.2. The maximum atomic E-state index is 12.1. The summed E-state index contributed by atoms with van der Waals surface area (Å²) < 4.78 is 25.4. The first kappa shape index (κ1) is 17.2. The summed E-state index contributed by atoms with van der Waals surface area (Å²) in [5.41, 5.74) is 0.985. The molecule has 0 amide bonds. The molecule has 0 aliphatic heterocycles. The molecule has 1 aromatic carbocycles. The van der Waals surface area contributed by atoms with Crippen molar-refractivity contribution < 1.29 is 13.2 Å². The highest BCUT2D eigenvalue weighted by molar-refractivity contribution is 7.92. The van der Waals surface area contributed by atoms with Crippen molar-refractivity contribution in [3.8, 4) is 0 Å². The molecule has 0 unspecified atom stereocenters. The van der Waals surface area contributed by atoms with Crippen LogP contribution in [0.25, 0.3) is 0 Å². The van der Waals surface area contributed by atoms with Crippen molar-refractivity contribution in [2.24, 2.45) is 0 Å². The summed E-state index contributed by atoms with van der Waals surface area (Å²) in [6.07, 6.45) is 3.12. The quantitative estimate of drug-likeness (QED) is 0.572. The molecule has 0 N–H and O–H groups in total. The van der Waals surface area contributed by atoms with Crippen LogP contribution in [0.2, 0.25) is 0 Å². The van der Waals surface area contributed by atoms with E-state index >= 15 is 0 Å². The molecule has 1 aromatic rings. The predicted molar refractivity (Wildman–Crippen MR) is 86.1 cm³/mol. The van der Waals surface area contributed by atoms with Gasteiger partial charge in [0.05, 0.1) is 11.4 Å². The zero-order valence-electron chi connectivity index (χ0n) is 12.9. The van der Waals surface area contributed by atoms with Crippen LogP contribution in [0, 0.1) is 0 Å². The van der Waals surface area contributed by atoms with Crippen LogP contribution in [0.5, 0.6) is 0 Å². The molecule has 0 spiro atoms. The van der Waals surface area contributed by atoms with Gasteiger partial charge < -0.3 is 4.90 Å². The second-order valence-corrected chi connectivity index (χ2v) is 6.94. The minimum absolute atomic E-state index is 0.0273. The number of ketones is 1. The van der Waals surface area contributed by atoms with Crippen LogP contribution in [0.15, 0.2) is 36.5 Å². The maximum Gasteiger partial charge on any atom is 0.234 e. The lowest BCUT2D eigenvalue weighted by Gasteiger charge is -2.22. The molecule has 21 heavy (non-hydrogen) atoms. The van der Waals surface area contributed by atoms with Gasteiger partial charge in [-0.2, -0.15) is 0 Å². The van der Waals surface area contributed by atoms with Crippen molar-refractivity contribution in [3.05, 3.63) is 42.1 Å². The summed E-state index contributed by atoms with van der Waals surface area (Å²) in [6, 6.07) is 6.68. The average molecular weight is 310 g/mol. The average Bonchev–Trinajstić information content (AvgIpc) is 2.45. The van der Waals surface area contributed by atoms with Crippen LogP contribution in [0.3, 0.4) is 0 Å². The Morgan fingerprint density at radius 2 is 1.90 bits per heavy atom. The zero-order valence-corrected chi connectivity index (χ0v) is 13.7. The normalized spacial score (nSPS) is 11.6. The standard InChI is InChI=1S/C15H22N2O3S/c1-5-17(21(19,20)6-2)14-9-7-8-13(12-14)15(18)10-11-16(3)4/h7-12H,5-6H2,1-4H3. The van der Waals surface area contributed by atoms with Gasteiger partial charge in [0.2, 0.25) is 10.0 Å². The molecule has 0 aliphatic carbocycles. The first-order chi connectivity index (χ1) is 9.81. The number of hydrogen-bond donors (Lipinski definition) is 0. The second kappa shape index (κ2) is 7.26. The van der Waals surface area contributed by atoms with Gasteiger partial charge in [0.25, 0.3) is 0 Å². The highest BCUT2D eigenvalue weighted by Crippen LogP contribution is 2.20. The van der Waals surface area contributed by atoms with Gasteiger partial charge in [0.15, 0.2) is 5.78 Å². The lowest BCUT2D eigenvalue weighted by Crippen LogP contribution is -2.32. The molecule has 5 nitrogen and oxygen atoms in total. The molecule has 0 heterocycles. The smallest absolute Gasteiger partial charge is 0.234 e. The Morgan fingerprint density at radius 1 is 1.24 bits per heavy atom. The summed E-state index contributed by atoms with van der Waals surface area (Å²) in [4.78, 5) is 13.8. The van der Waals surface area contributed by atoms with E-state index in [-0.39, 0.29) is 11.5 Å². The SMILES string of the molecule is CCN(c1cccc(C(=O)C=CN(C)C)c1)S(=O)(=O)CC. The maximum absolute atomic E-state index is 12.1. The van der Waals surface area contributed by atoms with Crippen LogP contribution in [0.1, 0.15) is 24.2 Å². The van der Waals surface area contributed by atoms with E-state index in [1.165, 1.54) is 10.4 Å². The van der Waals surface area contributed by atoms with Gasteiger partial charge in [0, 0.05) is 38.5 Å². The van der Waals surface area contributed by atoms with Gasteiger partial charge in [-0.25, -0.2) is 8.42 Å². The van der Waals surface area contributed by atoms with E-state index in [1.54, 1.807) is 49.2 Å². The first-order valence-electron chi connectivity index (χ1n) is 6.81. The summed E-state index contributed by atoms with van der Waals surface area (Å²) >= 11 is 0. The van der Waals surface area contributed by atoms with Crippen molar-refractivity contribution in [2.75, 3.05) is 30.7 Å². The third-order valence-corrected chi connectivity index (χ3v) is 4.80. The second-order valence-electron chi connectivity index (χ2n) is 4.76. The molecule has 0 fully saturated rings. The number of carbonyl (C=O) groups excluding carboxylic acids is 1. The molecule has 0 saturated carbocycles. The molecule has 1 rings (SSSR count). The van der Waals surface area contributed by atoms with E-state index < -0.39 is 10.0 Å². The summed E-state index contributed by atoms with van der Waals surface area (Å²) in [6.45, 7) is 3.71. The van der Waals surface area contributed by atoms with Gasteiger partial charge in [-0.05, 0) is 26.0 Å². The van der Waals surface area contributed by atoms with E-state index in [1.807, 2.05) is 14.1 Å². The molecule has 0 aromatic heterocycles. The molecule has 0 saturated heterocycles. The Labute approximate surface area is 126 Å². The number of hydrogen-bond acceptors (Lipinski definition) is 4. The zero-order chi connectivity index (χ0) is 16.0. The number of rotatable bonds is 7. The lowest BCUT2D eigenvalue weighted by atomic mass is 10.1. The van der Waals surface area contributed by atoms with Crippen LogP contribution in [-0.2, 0) is 10.0 Å². The van der Waals surface area contributed by atoms with Gasteiger partial charge in [0.1, 0.15) is 0 Å². The summed E-state index contributed by atoms with van der Waals surface area (Å²) in [7, 11) is 0.317. The van der Waals surface area contributed by atoms with Crippen LogP contribution >= 0.6 is 0 Å². The van der Waals surface area contributed by atoms with Crippen LogP contribution in [0.4, 0.5) is 5.69 Å². The Kier molecular flexibility index (Phi) is 5.96. The van der Waals surface area contributed by atoms with E-state index in [2.05, 4.69) is 0 Å². The minimum Gasteiger partial charge on any atom is -0.383 e. The summed E-state index contributed by atoms with van der Waals surface area (Å²) in [5, 5.41) is 0. The lowest BCUT2D eigenvalue weighted by molar-refractivity contribution is 0.104. The molecular formula is C15H22N2O3S. The van der Waals surface area contributed by atoms with Crippen molar-refractivity contribution in [2.45, 2.75) is 13.8 Å². The number of carbonyl (C=O) groups is 1. The van der Waals surface area contributed by atoms with Gasteiger partial charge in [-0.1, -0.05) is 12.1 Å². The number of benzene rings is 1. The van der Waals surface area contributed by atoms with Gasteiger partial charge in [-0.15, -0.1) is 0 Å². The van der Waals surface area contributed by atoms with Gasteiger partial charge >= 0.3 is 0 Å². The topological polar surface area (TPSA) is 57.7 Å². The Balaban J connectivity index is 3.13. The number of nitrogens with zero attached hydrogens (tertiary/aromatic N) is 2. The molecule has 0 radical (unpaired) electrons. The fraction of sp³-hybridized carbons (Fsp3) is 0.400. The van der Waals surface area contributed by atoms with Crippen molar-refractivity contribution in [1.29, 1.82) is 0 Å².